The molecule has 16 heavy (non-hydrogen) atoms. The predicted octanol–water partition coefficient (Wildman–Crippen LogP) is 3.08. The molecule has 0 aliphatic carbocycles. The van der Waals surface area contributed by atoms with Gasteiger partial charge < -0.3 is 4.90 Å². The first-order valence-electron chi connectivity index (χ1n) is 6.45. The van der Waals surface area contributed by atoms with E-state index in [9.17, 15) is 0 Å². The maximum atomic E-state index is 2.72. The molecule has 0 aromatic carbocycles. The first-order valence-corrected chi connectivity index (χ1v) is 10.5. The van der Waals surface area contributed by atoms with E-state index in [2.05, 4.69) is 35.5 Å². The lowest BCUT2D eigenvalue weighted by molar-refractivity contribution is 0.326. The molecule has 0 N–H and O–H groups in total. The van der Waals surface area contributed by atoms with Crippen molar-refractivity contribution in [1.82, 2.24) is 4.90 Å². The van der Waals surface area contributed by atoms with Crippen LogP contribution in [0.2, 0.25) is 13.1 Å². The SMILES string of the molecule is C[Si](C)(CN1CCCCCC1)c1cccs1. The zero-order valence-corrected chi connectivity index (χ0v) is 12.4. The first kappa shape index (κ1) is 12.3. The van der Waals surface area contributed by atoms with E-state index in [4.69, 9.17) is 0 Å². The fraction of sp³-hybridized carbons (Fsp3) is 0.692. The van der Waals surface area contributed by atoms with Gasteiger partial charge in [-0.1, -0.05) is 38.1 Å². The van der Waals surface area contributed by atoms with Crippen molar-refractivity contribution in [2.24, 2.45) is 0 Å². The number of likely N-dealkylation sites (tertiary alicyclic amines) is 1. The van der Waals surface area contributed by atoms with Gasteiger partial charge in [0.25, 0.3) is 0 Å². The van der Waals surface area contributed by atoms with Crippen LogP contribution in [0.5, 0.6) is 0 Å². The van der Waals surface area contributed by atoms with Crippen LogP contribution >= 0.6 is 11.3 Å². The molecule has 0 radical (unpaired) electrons. The molecule has 90 valence electrons. The van der Waals surface area contributed by atoms with Crippen molar-refractivity contribution in [2.75, 3.05) is 19.3 Å². The first-order chi connectivity index (χ1) is 7.68. The van der Waals surface area contributed by atoms with Crippen LogP contribution in [0.3, 0.4) is 0 Å². The molecule has 0 bridgehead atoms. The number of thiophene rings is 1. The number of rotatable bonds is 3. The Bertz CT molecular complexity index is 300. The molecule has 3 heteroatoms. The van der Waals surface area contributed by atoms with Crippen molar-refractivity contribution in [1.29, 1.82) is 0 Å². The van der Waals surface area contributed by atoms with Crippen LogP contribution < -0.4 is 4.50 Å². The highest BCUT2D eigenvalue weighted by Crippen LogP contribution is 2.14. The summed E-state index contributed by atoms with van der Waals surface area (Å²) in [6.07, 6.45) is 7.06. The lowest BCUT2D eigenvalue weighted by atomic mass is 10.2. The topological polar surface area (TPSA) is 3.24 Å². The highest BCUT2D eigenvalue weighted by Gasteiger charge is 2.27. The number of hydrogen-bond donors (Lipinski definition) is 0. The average molecular weight is 253 g/mol. The van der Waals surface area contributed by atoms with E-state index >= 15 is 0 Å². The smallest absolute Gasteiger partial charge is 0.107 e. The summed E-state index contributed by atoms with van der Waals surface area (Å²) in [6.45, 7) is 7.71. The molecule has 0 spiro atoms. The van der Waals surface area contributed by atoms with Crippen LogP contribution in [0.4, 0.5) is 0 Å². The number of nitrogens with zero attached hydrogens (tertiary/aromatic N) is 1. The molecular formula is C13H23NSSi. The summed E-state index contributed by atoms with van der Waals surface area (Å²) in [5, 5.41) is 2.23. The molecule has 1 aliphatic heterocycles. The highest BCUT2D eigenvalue weighted by atomic mass is 32.1. The summed E-state index contributed by atoms with van der Waals surface area (Å²) in [5.74, 6) is 0. The van der Waals surface area contributed by atoms with E-state index in [0.717, 1.165) is 0 Å². The Labute approximate surface area is 104 Å². The van der Waals surface area contributed by atoms with E-state index in [-0.39, 0.29) is 0 Å². The molecule has 1 saturated heterocycles. The molecule has 1 aromatic rings. The largest absolute Gasteiger partial charge is 0.306 e. The standard InChI is InChI=1S/C13H23NSSi/c1-16(2,13-8-7-11-15-13)12-14-9-5-3-4-6-10-14/h7-8,11H,3-6,9-10,12H2,1-2H3. The van der Waals surface area contributed by atoms with Crippen molar-refractivity contribution in [2.45, 2.75) is 38.8 Å². The molecule has 0 unspecified atom stereocenters. The van der Waals surface area contributed by atoms with Gasteiger partial charge in [-0.05, 0) is 42.0 Å². The van der Waals surface area contributed by atoms with Crippen LogP contribution in [0.15, 0.2) is 17.5 Å². The molecule has 2 heterocycles. The quantitative estimate of drug-likeness (QED) is 0.748. The van der Waals surface area contributed by atoms with Crippen molar-refractivity contribution in [3.8, 4) is 0 Å². The Kier molecular flexibility index (Phi) is 4.22. The number of hydrogen-bond acceptors (Lipinski definition) is 2. The zero-order chi connectivity index (χ0) is 11.4. The van der Waals surface area contributed by atoms with Crippen LogP contribution in [0.1, 0.15) is 25.7 Å². The molecular weight excluding hydrogens is 230 g/mol. The van der Waals surface area contributed by atoms with Gasteiger partial charge in [0, 0.05) is 0 Å². The fourth-order valence-corrected chi connectivity index (χ4v) is 6.87. The third-order valence-electron chi connectivity index (χ3n) is 3.51. The molecule has 1 aromatic heterocycles. The summed E-state index contributed by atoms with van der Waals surface area (Å²) in [7, 11) is -1.19. The Hall–Kier alpha value is -0.123. The van der Waals surface area contributed by atoms with Gasteiger partial charge in [-0.25, -0.2) is 0 Å². The van der Waals surface area contributed by atoms with Crippen LogP contribution in [-0.4, -0.2) is 32.2 Å². The van der Waals surface area contributed by atoms with E-state index < -0.39 is 8.07 Å². The fourth-order valence-electron chi connectivity index (χ4n) is 2.59. The maximum absolute atomic E-state index is 2.72. The van der Waals surface area contributed by atoms with Crippen LogP contribution in [0, 0.1) is 0 Å². The molecule has 1 nitrogen and oxygen atoms in total. The van der Waals surface area contributed by atoms with Gasteiger partial charge in [0.1, 0.15) is 8.07 Å². The average Bonchev–Trinajstić information content (AvgIpc) is 2.67. The third kappa shape index (κ3) is 3.19. The second-order valence-electron chi connectivity index (χ2n) is 5.55. The molecule has 1 fully saturated rings. The minimum atomic E-state index is -1.19. The zero-order valence-electron chi connectivity index (χ0n) is 10.5. The molecule has 0 amide bonds. The van der Waals surface area contributed by atoms with Gasteiger partial charge in [0.15, 0.2) is 0 Å². The Morgan fingerprint density at radius 3 is 2.44 bits per heavy atom. The van der Waals surface area contributed by atoms with Crippen LogP contribution in [-0.2, 0) is 0 Å². The van der Waals surface area contributed by atoms with Gasteiger partial charge in [-0.2, -0.15) is 11.3 Å². The normalized spacial score (nSPS) is 19.6. The summed E-state index contributed by atoms with van der Waals surface area (Å²) in [4.78, 5) is 2.72. The van der Waals surface area contributed by atoms with E-state index in [0.29, 0.717) is 0 Å². The molecule has 2 rings (SSSR count). The minimum absolute atomic E-state index is 1.19. The lowest BCUT2D eigenvalue weighted by Crippen LogP contribution is -2.50. The second kappa shape index (κ2) is 5.47. The van der Waals surface area contributed by atoms with Gasteiger partial charge in [-0.3, -0.25) is 0 Å². The van der Waals surface area contributed by atoms with Crippen LogP contribution in [0.25, 0.3) is 0 Å². The maximum Gasteiger partial charge on any atom is 0.107 e. The van der Waals surface area contributed by atoms with Gasteiger partial charge in [0.05, 0.1) is 0 Å². The monoisotopic (exact) mass is 253 g/mol. The van der Waals surface area contributed by atoms with Crippen molar-refractivity contribution >= 4 is 23.9 Å². The van der Waals surface area contributed by atoms with Gasteiger partial charge in [0.2, 0.25) is 0 Å². The Morgan fingerprint density at radius 1 is 1.19 bits per heavy atom. The van der Waals surface area contributed by atoms with Crippen molar-refractivity contribution in [3.05, 3.63) is 17.5 Å². The Morgan fingerprint density at radius 2 is 1.88 bits per heavy atom. The molecule has 1 aliphatic rings. The van der Waals surface area contributed by atoms with Crippen molar-refractivity contribution in [3.63, 3.8) is 0 Å². The summed E-state index contributed by atoms with van der Waals surface area (Å²) in [6, 6.07) is 4.55. The molecule has 0 atom stereocenters. The summed E-state index contributed by atoms with van der Waals surface area (Å²) >= 11 is 1.96. The Balaban J connectivity index is 1.96. The van der Waals surface area contributed by atoms with Gasteiger partial charge in [-0.15, -0.1) is 0 Å². The second-order valence-corrected chi connectivity index (χ2v) is 11.5. The summed E-state index contributed by atoms with van der Waals surface area (Å²) in [5.41, 5.74) is 0. The lowest BCUT2D eigenvalue weighted by Gasteiger charge is -2.29. The highest BCUT2D eigenvalue weighted by molar-refractivity contribution is 7.25. The minimum Gasteiger partial charge on any atom is -0.306 e. The molecule has 0 saturated carbocycles. The van der Waals surface area contributed by atoms with Crippen molar-refractivity contribution < 1.29 is 0 Å². The van der Waals surface area contributed by atoms with E-state index in [1.54, 1.807) is 4.50 Å². The van der Waals surface area contributed by atoms with Gasteiger partial charge >= 0.3 is 0 Å². The van der Waals surface area contributed by atoms with E-state index in [1.807, 2.05) is 11.3 Å². The van der Waals surface area contributed by atoms with E-state index in [1.165, 1.54) is 44.9 Å². The summed E-state index contributed by atoms with van der Waals surface area (Å²) < 4.78 is 1.66. The predicted molar refractivity (Wildman–Crippen MR) is 76.3 cm³/mol. The third-order valence-corrected chi connectivity index (χ3v) is 8.94.